The molecule has 0 fully saturated rings. The largest absolute Gasteiger partial charge is 0.328 e. The number of benzene rings is 1. The third-order valence-corrected chi connectivity index (χ3v) is 5.61. The first-order valence-electron chi connectivity index (χ1n) is 9.01. The molecular formula is C20H20ClFN4O. The average Bonchev–Trinajstić information content (AvgIpc) is 3.19. The van der Waals surface area contributed by atoms with E-state index in [9.17, 15) is 9.18 Å². The van der Waals surface area contributed by atoms with Gasteiger partial charge in [0.15, 0.2) is 5.65 Å². The molecule has 0 radical (unpaired) electrons. The Bertz CT molecular complexity index is 1080. The summed E-state index contributed by atoms with van der Waals surface area (Å²) in [6, 6.07) is 4.38. The Hall–Kier alpha value is -2.47. The summed E-state index contributed by atoms with van der Waals surface area (Å²) in [5, 5.41) is 5.21. The van der Waals surface area contributed by atoms with Crippen LogP contribution in [0.3, 0.4) is 0 Å². The maximum Gasteiger partial charge on any atom is 0.254 e. The minimum absolute atomic E-state index is 0.1000. The number of halogens is 2. The highest BCUT2D eigenvalue weighted by Crippen LogP contribution is 2.30. The highest BCUT2D eigenvalue weighted by atomic mass is 35.5. The number of aromatic nitrogens is 3. The molecule has 0 N–H and O–H groups in total. The zero-order chi connectivity index (χ0) is 19.3. The second-order valence-corrected chi connectivity index (χ2v) is 7.35. The molecule has 0 saturated carbocycles. The Morgan fingerprint density at radius 2 is 2.07 bits per heavy atom. The lowest BCUT2D eigenvalue weighted by molar-refractivity contribution is 0.0748. The number of nitrogens with zero attached hydrogens (tertiary/aromatic N) is 4. The first kappa shape index (κ1) is 17.9. The van der Waals surface area contributed by atoms with Crippen LogP contribution in [0.1, 0.15) is 51.9 Å². The number of carbonyl (C=O) groups is 1. The lowest BCUT2D eigenvalue weighted by Crippen LogP contribution is -2.27. The number of carbonyl (C=O) groups excluding carboxylic acids is 1. The Morgan fingerprint density at radius 1 is 1.30 bits per heavy atom. The molecule has 140 valence electrons. The Labute approximate surface area is 161 Å². The molecule has 3 aromatic rings. The topological polar surface area (TPSA) is 50.5 Å². The number of fused-ring (bicyclic) bond motifs is 3. The van der Waals surface area contributed by atoms with Crippen LogP contribution < -0.4 is 0 Å². The summed E-state index contributed by atoms with van der Waals surface area (Å²) in [6.45, 7) is 6.64. The van der Waals surface area contributed by atoms with Crippen LogP contribution in [0.15, 0.2) is 18.2 Å². The van der Waals surface area contributed by atoms with Gasteiger partial charge in [0.25, 0.3) is 5.91 Å². The van der Waals surface area contributed by atoms with E-state index in [4.69, 9.17) is 11.6 Å². The highest BCUT2D eigenvalue weighted by Gasteiger charge is 2.31. The van der Waals surface area contributed by atoms with Gasteiger partial charge in [0, 0.05) is 11.1 Å². The maximum atomic E-state index is 13.6. The van der Waals surface area contributed by atoms with Gasteiger partial charge in [-0.2, -0.15) is 5.10 Å². The summed E-state index contributed by atoms with van der Waals surface area (Å²) in [4.78, 5) is 19.4. The first-order valence-corrected chi connectivity index (χ1v) is 9.39. The van der Waals surface area contributed by atoms with Gasteiger partial charge in [-0.25, -0.2) is 13.9 Å². The van der Waals surface area contributed by atoms with Crippen molar-refractivity contribution in [1.29, 1.82) is 0 Å². The van der Waals surface area contributed by atoms with Gasteiger partial charge in [0.2, 0.25) is 0 Å². The molecule has 1 aromatic carbocycles. The van der Waals surface area contributed by atoms with Crippen molar-refractivity contribution in [3.8, 4) is 0 Å². The monoisotopic (exact) mass is 386 g/mol. The summed E-state index contributed by atoms with van der Waals surface area (Å²) in [5.74, 6) is -0.415. The van der Waals surface area contributed by atoms with Crippen molar-refractivity contribution in [3.05, 3.63) is 62.8 Å². The van der Waals surface area contributed by atoms with E-state index in [0.29, 0.717) is 30.1 Å². The van der Waals surface area contributed by atoms with E-state index in [0.717, 1.165) is 40.3 Å². The van der Waals surface area contributed by atoms with E-state index in [1.807, 2.05) is 20.8 Å². The van der Waals surface area contributed by atoms with Gasteiger partial charge in [0.05, 0.1) is 35.2 Å². The van der Waals surface area contributed by atoms with Crippen molar-refractivity contribution in [2.45, 2.75) is 46.7 Å². The van der Waals surface area contributed by atoms with Crippen LogP contribution in [-0.4, -0.2) is 25.4 Å². The van der Waals surface area contributed by atoms with Crippen molar-refractivity contribution in [2.75, 3.05) is 0 Å². The summed E-state index contributed by atoms with van der Waals surface area (Å²) < 4.78 is 15.4. The molecule has 7 heteroatoms. The SMILES string of the molecule is CCCc1cc(F)ccc1C(=O)N1Cc2nn3c(C)c(Cl)c(C)nc3c2C1. The molecule has 1 aliphatic heterocycles. The van der Waals surface area contributed by atoms with E-state index >= 15 is 0 Å². The molecule has 0 spiro atoms. The predicted molar refractivity (Wildman–Crippen MR) is 101 cm³/mol. The van der Waals surface area contributed by atoms with Gasteiger partial charge in [-0.15, -0.1) is 0 Å². The van der Waals surface area contributed by atoms with Crippen molar-refractivity contribution in [2.24, 2.45) is 0 Å². The van der Waals surface area contributed by atoms with Crippen molar-refractivity contribution in [1.82, 2.24) is 19.5 Å². The Morgan fingerprint density at radius 3 is 2.81 bits per heavy atom. The average molecular weight is 387 g/mol. The molecule has 0 saturated heterocycles. The summed E-state index contributed by atoms with van der Waals surface area (Å²) in [5.41, 5.74) is 5.42. The molecule has 0 aliphatic carbocycles. The minimum Gasteiger partial charge on any atom is -0.328 e. The van der Waals surface area contributed by atoms with E-state index in [2.05, 4.69) is 10.1 Å². The Kier molecular flexibility index (Phi) is 4.38. The molecule has 0 unspecified atom stereocenters. The van der Waals surface area contributed by atoms with Crippen molar-refractivity contribution >= 4 is 23.2 Å². The van der Waals surface area contributed by atoms with E-state index < -0.39 is 0 Å². The number of amides is 1. The molecule has 1 amide bonds. The molecule has 4 rings (SSSR count). The fourth-order valence-corrected chi connectivity index (χ4v) is 3.80. The molecule has 1 aliphatic rings. The van der Waals surface area contributed by atoms with Gasteiger partial charge < -0.3 is 4.90 Å². The summed E-state index contributed by atoms with van der Waals surface area (Å²) in [6.07, 6.45) is 1.52. The fraction of sp³-hybridized carbons (Fsp3) is 0.350. The van der Waals surface area contributed by atoms with Crippen molar-refractivity contribution in [3.63, 3.8) is 0 Å². The van der Waals surface area contributed by atoms with Gasteiger partial charge in [0.1, 0.15) is 5.82 Å². The zero-order valence-corrected chi connectivity index (χ0v) is 16.3. The number of rotatable bonds is 3. The number of aryl methyl sites for hydroxylation is 3. The molecule has 0 atom stereocenters. The van der Waals surface area contributed by atoms with E-state index in [1.165, 1.54) is 12.1 Å². The number of hydrogen-bond acceptors (Lipinski definition) is 3. The maximum absolute atomic E-state index is 13.6. The fourth-order valence-electron chi connectivity index (χ4n) is 3.67. The molecule has 2 aromatic heterocycles. The van der Waals surface area contributed by atoms with Crippen LogP contribution in [0.2, 0.25) is 5.02 Å². The van der Waals surface area contributed by atoms with Crippen LogP contribution in [0.5, 0.6) is 0 Å². The minimum atomic E-state index is -0.315. The third kappa shape index (κ3) is 2.88. The molecule has 5 nitrogen and oxygen atoms in total. The van der Waals surface area contributed by atoms with Gasteiger partial charge in [-0.1, -0.05) is 24.9 Å². The predicted octanol–water partition coefficient (Wildman–Crippen LogP) is 4.25. The molecule has 0 bridgehead atoms. The first-order chi connectivity index (χ1) is 12.9. The van der Waals surface area contributed by atoms with Crippen LogP contribution in [0, 0.1) is 19.7 Å². The lowest BCUT2D eigenvalue weighted by atomic mass is 10.0. The van der Waals surface area contributed by atoms with E-state index in [-0.39, 0.29) is 11.7 Å². The quantitative estimate of drug-likeness (QED) is 0.676. The highest BCUT2D eigenvalue weighted by molar-refractivity contribution is 6.31. The van der Waals surface area contributed by atoms with Gasteiger partial charge in [-0.3, -0.25) is 4.79 Å². The second kappa shape index (κ2) is 6.60. The Balaban J connectivity index is 1.69. The smallest absolute Gasteiger partial charge is 0.254 e. The van der Waals surface area contributed by atoms with Crippen LogP contribution >= 0.6 is 11.6 Å². The zero-order valence-electron chi connectivity index (χ0n) is 15.5. The normalized spacial score (nSPS) is 13.4. The van der Waals surface area contributed by atoms with Crippen LogP contribution in [-0.2, 0) is 19.5 Å². The van der Waals surface area contributed by atoms with E-state index in [1.54, 1.807) is 15.5 Å². The summed E-state index contributed by atoms with van der Waals surface area (Å²) >= 11 is 6.28. The second-order valence-electron chi connectivity index (χ2n) is 6.97. The molecule has 3 heterocycles. The van der Waals surface area contributed by atoms with Crippen LogP contribution in [0.4, 0.5) is 4.39 Å². The third-order valence-electron chi connectivity index (χ3n) is 5.06. The molecular weight excluding hydrogens is 367 g/mol. The molecule has 27 heavy (non-hydrogen) atoms. The number of hydrogen-bond donors (Lipinski definition) is 0. The summed E-state index contributed by atoms with van der Waals surface area (Å²) in [7, 11) is 0. The lowest BCUT2D eigenvalue weighted by Gasteiger charge is -2.18. The van der Waals surface area contributed by atoms with Crippen molar-refractivity contribution < 1.29 is 9.18 Å². The van der Waals surface area contributed by atoms with Crippen LogP contribution in [0.25, 0.3) is 5.65 Å². The van der Waals surface area contributed by atoms with Gasteiger partial charge >= 0.3 is 0 Å². The van der Waals surface area contributed by atoms with Gasteiger partial charge in [-0.05, 0) is 44.0 Å². The standard InChI is InChI=1S/C20H20ClFN4O/c1-4-5-13-8-14(22)6-7-15(13)20(27)25-9-16-17(10-25)24-26-12(3)18(21)11(2)23-19(16)26/h6-8H,4-5,9-10H2,1-3H3.